The van der Waals surface area contributed by atoms with Gasteiger partial charge in [-0.1, -0.05) is 170 Å². The molecule has 0 radical (unpaired) electrons. The number of nitrogens with zero attached hydrogens (tertiary/aromatic N) is 2. The predicted octanol–water partition coefficient (Wildman–Crippen LogP) is 16.2. The smallest absolute Gasteiger partial charge is 0.0749 e. The van der Waals surface area contributed by atoms with E-state index in [0.29, 0.717) is 0 Å². The Bertz CT molecular complexity index is 3490. The molecule has 0 saturated heterocycles. The molecule has 3 aliphatic carbocycles. The molecule has 65 heavy (non-hydrogen) atoms. The SMILES string of the molecule is C1=Cc2sc3c(N(c4ccccc4)c4ccc5c(c4)C4(c6ccccc6N5c5ccccc5)c5ccccc5C5(c6ccccc6-c6ccccc65)c5ccccc54)cccc3c2CC1. The molecule has 2 nitrogen and oxygen atoms in total. The van der Waals surface area contributed by atoms with E-state index < -0.39 is 10.8 Å². The van der Waals surface area contributed by atoms with Crippen LogP contribution >= 0.6 is 11.3 Å². The van der Waals surface area contributed by atoms with E-state index in [1.165, 1.54) is 93.2 Å². The molecule has 0 saturated carbocycles. The van der Waals surface area contributed by atoms with Crippen molar-refractivity contribution >= 4 is 61.6 Å². The molecule has 0 atom stereocenters. The van der Waals surface area contributed by atoms with E-state index in [-0.39, 0.29) is 0 Å². The van der Waals surface area contributed by atoms with Crippen LogP contribution in [0.1, 0.15) is 61.4 Å². The summed E-state index contributed by atoms with van der Waals surface area (Å²) < 4.78 is 1.32. The second-order valence-corrected chi connectivity index (χ2v) is 18.8. The average Bonchev–Trinajstić information content (AvgIpc) is 3.91. The van der Waals surface area contributed by atoms with Gasteiger partial charge in [0.15, 0.2) is 0 Å². The minimum atomic E-state index is -0.695. The Morgan fingerprint density at radius 1 is 0.431 bits per heavy atom. The second kappa shape index (κ2) is 13.9. The molecule has 0 N–H and O–H groups in total. The highest BCUT2D eigenvalue weighted by molar-refractivity contribution is 7.20. The number of hydrogen-bond acceptors (Lipinski definition) is 3. The van der Waals surface area contributed by atoms with Crippen molar-refractivity contribution in [2.75, 3.05) is 9.80 Å². The molecule has 0 unspecified atom stereocenters. The van der Waals surface area contributed by atoms with Gasteiger partial charge >= 0.3 is 0 Å². The summed E-state index contributed by atoms with van der Waals surface area (Å²) >= 11 is 1.93. The van der Waals surface area contributed by atoms with E-state index in [4.69, 9.17) is 0 Å². The van der Waals surface area contributed by atoms with Crippen molar-refractivity contribution in [1.29, 1.82) is 0 Å². The van der Waals surface area contributed by atoms with E-state index in [9.17, 15) is 0 Å². The number of hydrogen-bond donors (Lipinski definition) is 0. The predicted molar refractivity (Wildman–Crippen MR) is 271 cm³/mol. The van der Waals surface area contributed by atoms with Crippen LogP contribution in [0.25, 0.3) is 27.3 Å². The number of para-hydroxylation sites is 3. The summed E-state index contributed by atoms with van der Waals surface area (Å²) in [5.74, 6) is 0. The first kappa shape index (κ1) is 36.7. The molecular weight excluding hydrogens is 805 g/mol. The Kier molecular flexibility index (Phi) is 7.85. The lowest BCUT2D eigenvalue weighted by Gasteiger charge is -2.53. The van der Waals surface area contributed by atoms with Gasteiger partial charge in [0.1, 0.15) is 0 Å². The topological polar surface area (TPSA) is 6.48 Å². The molecule has 0 fully saturated rings. The van der Waals surface area contributed by atoms with Crippen LogP contribution in [0.5, 0.6) is 0 Å². The molecule has 14 rings (SSSR count). The average molecular weight is 847 g/mol. The number of benzene rings is 9. The molecule has 306 valence electrons. The summed E-state index contributed by atoms with van der Waals surface area (Å²) in [6.07, 6.45) is 6.83. The van der Waals surface area contributed by atoms with Gasteiger partial charge < -0.3 is 9.80 Å². The maximum Gasteiger partial charge on any atom is 0.0749 e. The van der Waals surface area contributed by atoms with Crippen LogP contribution in [0, 0.1) is 0 Å². The molecule has 3 heteroatoms. The maximum absolute atomic E-state index is 2.54. The van der Waals surface area contributed by atoms with Crippen LogP contribution in [0.2, 0.25) is 0 Å². The van der Waals surface area contributed by atoms with Gasteiger partial charge in [0, 0.05) is 21.9 Å². The van der Waals surface area contributed by atoms with Crippen LogP contribution in [0.15, 0.2) is 224 Å². The quantitative estimate of drug-likeness (QED) is 0.174. The normalized spacial score (nSPS) is 15.1. The largest absolute Gasteiger partial charge is 0.310 e. The number of rotatable bonds is 4. The molecule has 0 amide bonds. The Morgan fingerprint density at radius 3 is 1.63 bits per heavy atom. The van der Waals surface area contributed by atoms with E-state index in [2.05, 4.69) is 240 Å². The highest BCUT2D eigenvalue weighted by Crippen LogP contribution is 2.68. The van der Waals surface area contributed by atoms with Crippen molar-refractivity contribution in [3.05, 3.63) is 279 Å². The van der Waals surface area contributed by atoms with Crippen molar-refractivity contribution < 1.29 is 0 Å². The lowest BCUT2D eigenvalue weighted by Crippen LogP contribution is -2.47. The standard InChI is InChI=1S/C62H42N2S/c1-3-20-41(21-4-1)63(58-36-19-27-47-46-26-9-18-37-59(46)65-60(47)58)43-38-39-57-55(40-43)62(54-34-16-17-35-56(54)64(57)42-22-5-2-6-23-42)52-32-14-12-30-50(52)61(51-31-13-15-33-53(51)62)48-28-10-7-24-44(48)45-25-8-11-29-49(45)61/h1-8,10-25,27-40H,9,26H2. The summed E-state index contributed by atoms with van der Waals surface area (Å²) in [5, 5.41) is 1.36. The number of anilines is 6. The summed E-state index contributed by atoms with van der Waals surface area (Å²) in [4.78, 5) is 6.40. The lowest BCUT2D eigenvalue weighted by molar-refractivity contribution is 0.619. The maximum atomic E-state index is 2.54. The van der Waals surface area contributed by atoms with Crippen molar-refractivity contribution in [2.24, 2.45) is 0 Å². The van der Waals surface area contributed by atoms with Gasteiger partial charge in [-0.25, -0.2) is 0 Å². The van der Waals surface area contributed by atoms with Crippen molar-refractivity contribution in [1.82, 2.24) is 0 Å². The molecule has 2 spiro atoms. The van der Waals surface area contributed by atoms with E-state index in [0.717, 1.165) is 29.9 Å². The van der Waals surface area contributed by atoms with Gasteiger partial charge in [0.05, 0.1) is 32.6 Å². The summed E-state index contributed by atoms with van der Waals surface area (Å²) in [7, 11) is 0. The van der Waals surface area contributed by atoms with Crippen LogP contribution in [-0.2, 0) is 17.3 Å². The Labute approximate surface area is 383 Å². The zero-order valence-electron chi connectivity index (χ0n) is 35.7. The van der Waals surface area contributed by atoms with Crippen molar-refractivity contribution in [2.45, 2.75) is 23.7 Å². The molecule has 10 aromatic rings. The van der Waals surface area contributed by atoms with Crippen LogP contribution < -0.4 is 9.80 Å². The van der Waals surface area contributed by atoms with Crippen LogP contribution in [0.4, 0.5) is 34.1 Å². The van der Waals surface area contributed by atoms with Gasteiger partial charge in [-0.2, -0.15) is 0 Å². The fraction of sp³-hybridized carbons (Fsp3) is 0.0645. The zero-order chi connectivity index (χ0) is 42.7. The van der Waals surface area contributed by atoms with Crippen LogP contribution in [0.3, 0.4) is 0 Å². The van der Waals surface area contributed by atoms with Gasteiger partial charge in [-0.15, -0.1) is 11.3 Å². The highest BCUT2D eigenvalue weighted by Gasteiger charge is 2.59. The number of fused-ring (bicyclic) bond motifs is 18. The fourth-order valence-corrected chi connectivity index (χ4v) is 13.7. The Balaban J connectivity index is 1.12. The molecule has 9 aromatic carbocycles. The van der Waals surface area contributed by atoms with Crippen molar-refractivity contribution in [3.63, 3.8) is 0 Å². The summed E-state index contributed by atoms with van der Waals surface area (Å²) in [6, 6.07) is 82.5. The first-order chi connectivity index (χ1) is 32.3. The third-order valence-electron chi connectivity index (χ3n) is 14.8. The fourth-order valence-electron chi connectivity index (χ4n) is 12.4. The lowest BCUT2D eigenvalue weighted by atomic mass is 9.50. The van der Waals surface area contributed by atoms with Gasteiger partial charge in [0.25, 0.3) is 0 Å². The van der Waals surface area contributed by atoms with Crippen molar-refractivity contribution in [3.8, 4) is 11.1 Å². The minimum Gasteiger partial charge on any atom is -0.310 e. The summed E-state index contributed by atoms with van der Waals surface area (Å²) in [6.45, 7) is 0. The van der Waals surface area contributed by atoms with Gasteiger partial charge in [-0.3, -0.25) is 0 Å². The van der Waals surface area contributed by atoms with Crippen LogP contribution in [-0.4, -0.2) is 0 Å². The molecule has 1 aliphatic heterocycles. The van der Waals surface area contributed by atoms with E-state index in [1.807, 2.05) is 11.3 Å². The Hall–Kier alpha value is -7.72. The number of allylic oxidation sites excluding steroid dienone is 1. The minimum absolute atomic E-state index is 0.520. The molecule has 4 aliphatic rings. The second-order valence-electron chi connectivity index (χ2n) is 17.8. The molecular formula is C62H42N2S. The monoisotopic (exact) mass is 846 g/mol. The molecule has 1 aromatic heterocycles. The third kappa shape index (κ3) is 4.83. The number of aryl methyl sites for hydroxylation is 1. The first-order valence-electron chi connectivity index (χ1n) is 22.8. The highest BCUT2D eigenvalue weighted by atomic mass is 32.1. The number of thiophene rings is 1. The Morgan fingerprint density at radius 2 is 0.969 bits per heavy atom. The van der Waals surface area contributed by atoms with E-state index >= 15 is 0 Å². The first-order valence-corrected chi connectivity index (χ1v) is 23.6. The third-order valence-corrected chi connectivity index (χ3v) is 16.0. The molecule has 2 heterocycles. The summed E-state index contributed by atoms with van der Waals surface area (Å²) in [5.41, 5.74) is 20.4. The zero-order valence-corrected chi connectivity index (χ0v) is 36.5. The van der Waals surface area contributed by atoms with Gasteiger partial charge in [-0.05, 0) is 140 Å². The van der Waals surface area contributed by atoms with Gasteiger partial charge in [0.2, 0.25) is 0 Å². The van der Waals surface area contributed by atoms with E-state index in [1.54, 1.807) is 0 Å². The molecule has 0 bridgehead atoms.